The van der Waals surface area contributed by atoms with Gasteiger partial charge >= 0.3 is 0 Å². The topological polar surface area (TPSA) is 83.1 Å². The number of sulfonamides is 1. The lowest BCUT2D eigenvalue weighted by Gasteiger charge is -2.38. The molecule has 2 aromatic heterocycles. The minimum atomic E-state index is -3.42. The first-order valence-electron chi connectivity index (χ1n) is 8.49. The summed E-state index contributed by atoms with van der Waals surface area (Å²) in [4.78, 5) is 20.6. The van der Waals surface area contributed by atoms with Crippen LogP contribution in [0.5, 0.6) is 0 Å². The van der Waals surface area contributed by atoms with Crippen molar-refractivity contribution in [2.45, 2.75) is 49.2 Å². The third-order valence-electron chi connectivity index (χ3n) is 5.48. The lowest BCUT2D eigenvalue weighted by molar-refractivity contribution is 0.228. The zero-order chi connectivity index (χ0) is 17.8. The average molecular weight is 380 g/mol. The number of thiophene rings is 1. The van der Waals surface area contributed by atoms with E-state index in [2.05, 4.69) is 9.97 Å². The summed E-state index contributed by atoms with van der Waals surface area (Å²) in [6.07, 6.45) is 3.06. The van der Waals surface area contributed by atoms with Crippen LogP contribution in [0.2, 0.25) is 0 Å². The predicted molar refractivity (Wildman–Crippen MR) is 96.6 cm³/mol. The summed E-state index contributed by atoms with van der Waals surface area (Å²) in [5.74, 6) is 0.633. The van der Waals surface area contributed by atoms with Crippen molar-refractivity contribution in [3.05, 3.63) is 44.4 Å². The van der Waals surface area contributed by atoms with Crippen LogP contribution in [-0.4, -0.2) is 35.8 Å². The molecular formula is C17H21N3O3S2. The average Bonchev–Trinajstić information content (AvgIpc) is 3.14. The minimum Gasteiger partial charge on any atom is -0.311 e. The Morgan fingerprint density at radius 3 is 2.56 bits per heavy atom. The number of hydrogen-bond donors (Lipinski definition) is 1. The molecule has 1 fully saturated rings. The maximum Gasteiger partial charge on any atom is 0.254 e. The van der Waals surface area contributed by atoms with Crippen molar-refractivity contribution < 1.29 is 8.42 Å². The van der Waals surface area contributed by atoms with Gasteiger partial charge < -0.3 is 4.98 Å². The summed E-state index contributed by atoms with van der Waals surface area (Å²) in [6, 6.07) is 3.53. The molecule has 0 radical (unpaired) electrons. The number of rotatable bonds is 2. The number of aromatic amines is 1. The maximum atomic E-state index is 12.8. The Labute approximate surface area is 151 Å². The van der Waals surface area contributed by atoms with Crippen LogP contribution in [0.3, 0.4) is 0 Å². The molecule has 6 nitrogen and oxygen atoms in total. The van der Waals surface area contributed by atoms with Gasteiger partial charge in [0.05, 0.1) is 5.69 Å². The number of piperidine rings is 1. The fraction of sp³-hybridized carbons (Fsp3) is 0.529. The Bertz CT molecular complexity index is 983. The molecule has 1 aliphatic heterocycles. The summed E-state index contributed by atoms with van der Waals surface area (Å²) in [5.41, 5.74) is 1.50. The summed E-state index contributed by atoms with van der Waals surface area (Å²) in [7, 11) is -3.42. The van der Waals surface area contributed by atoms with Gasteiger partial charge in [-0.05, 0) is 51.7 Å². The minimum absolute atomic E-state index is 0.0384. The maximum absolute atomic E-state index is 12.8. The van der Waals surface area contributed by atoms with E-state index in [4.69, 9.17) is 0 Å². The largest absolute Gasteiger partial charge is 0.311 e. The first-order chi connectivity index (χ1) is 11.8. The molecule has 1 saturated heterocycles. The van der Waals surface area contributed by atoms with Crippen molar-refractivity contribution in [2.75, 3.05) is 13.1 Å². The number of hydrogen-bond acceptors (Lipinski definition) is 5. The summed E-state index contributed by atoms with van der Waals surface area (Å²) in [5, 5.41) is 0. The third kappa shape index (κ3) is 2.67. The zero-order valence-corrected chi connectivity index (χ0v) is 16.0. The van der Waals surface area contributed by atoms with Gasteiger partial charge in [0.25, 0.3) is 15.6 Å². The van der Waals surface area contributed by atoms with E-state index in [1.54, 1.807) is 17.3 Å². The van der Waals surface area contributed by atoms with Crippen LogP contribution in [0, 0.1) is 13.8 Å². The summed E-state index contributed by atoms with van der Waals surface area (Å²) >= 11 is 1.32. The Morgan fingerprint density at radius 2 is 1.92 bits per heavy atom. The molecule has 134 valence electrons. The van der Waals surface area contributed by atoms with E-state index in [1.807, 2.05) is 13.0 Å². The molecule has 1 spiro atoms. The lowest BCUT2D eigenvalue weighted by Crippen LogP contribution is -2.44. The monoisotopic (exact) mass is 379 g/mol. The normalized spacial score (nSPS) is 20.1. The molecule has 3 heterocycles. The highest BCUT2D eigenvalue weighted by Gasteiger charge is 2.45. The highest BCUT2D eigenvalue weighted by molar-refractivity contribution is 7.91. The highest BCUT2D eigenvalue weighted by Crippen LogP contribution is 2.45. The van der Waals surface area contributed by atoms with Gasteiger partial charge in [0.2, 0.25) is 0 Å². The van der Waals surface area contributed by atoms with Crippen LogP contribution < -0.4 is 5.56 Å². The van der Waals surface area contributed by atoms with Gasteiger partial charge in [-0.25, -0.2) is 13.4 Å². The molecule has 2 aliphatic rings. The second-order valence-corrected chi connectivity index (χ2v) is 10.5. The van der Waals surface area contributed by atoms with Gasteiger partial charge in [-0.2, -0.15) is 4.31 Å². The highest BCUT2D eigenvalue weighted by atomic mass is 32.2. The summed E-state index contributed by atoms with van der Waals surface area (Å²) in [6.45, 7) is 4.67. The Morgan fingerprint density at radius 1 is 1.20 bits per heavy atom. The van der Waals surface area contributed by atoms with Crippen molar-refractivity contribution in [2.24, 2.45) is 0 Å². The van der Waals surface area contributed by atoms with E-state index < -0.39 is 10.0 Å². The fourth-order valence-electron chi connectivity index (χ4n) is 4.08. The standard InChI is InChI=1S/C17H21N3O3S2/c1-11-3-4-14(24-11)25(22,23)20-9-7-17(8-10-20)6-5-13-15(17)18-12(2)19-16(13)21/h3-4H,5-10H2,1-2H3,(H,18,19,21). The van der Waals surface area contributed by atoms with Gasteiger partial charge in [0.1, 0.15) is 10.0 Å². The molecule has 1 N–H and O–H groups in total. The molecule has 1 aliphatic carbocycles. The van der Waals surface area contributed by atoms with Gasteiger partial charge in [-0.1, -0.05) is 0 Å². The van der Waals surface area contributed by atoms with E-state index >= 15 is 0 Å². The molecule has 0 unspecified atom stereocenters. The number of nitrogens with zero attached hydrogens (tertiary/aromatic N) is 2. The van der Waals surface area contributed by atoms with E-state index in [1.165, 1.54) is 11.3 Å². The molecule has 8 heteroatoms. The quantitative estimate of drug-likeness (QED) is 0.866. The zero-order valence-electron chi connectivity index (χ0n) is 14.3. The molecule has 0 atom stereocenters. The van der Waals surface area contributed by atoms with Crippen molar-refractivity contribution in [3.8, 4) is 0 Å². The first-order valence-corrected chi connectivity index (χ1v) is 10.7. The van der Waals surface area contributed by atoms with Gasteiger partial charge in [0.15, 0.2) is 0 Å². The molecule has 4 rings (SSSR count). The van der Waals surface area contributed by atoms with Crippen molar-refractivity contribution in [1.82, 2.24) is 14.3 Å². The number of nitrogens with one attached hydrogen (secondary N) is 1. The fourth-order valence-corrected chi connectivity index (χ4v) is 6.96. The van der Waals surface area contributed by atoms with E-state index in [0.29, 0.717) is 23.1 Å². The molecule has 0 aromatic carbocycles. The Hall–Kier alpha value is -1.51. The molecule has 0 amide bonds. The number of H-pyrrole nitrogens is 1. The molecule has 0 saturated carbocycles. The second kappa shape index (κ2) is 5.75. The van der Waals surface area contributed by atoms with Crippen molar-refractivity contribution in [3.63, 3.8) is 0 Å². The van der Waals surface area contributed by atoms with Crippen LogP contribution >= 0.6 is 11.3 Å². The van der Waals surface area contributed by atoms with Gasteiger partial charge in [0, 0.05) is 28.9 Å². The third-order valence-corrected chi connectivity index (χ3v) is 8.85. The summed E-state index contributed by atoms with van der Waals surface area (Å²) < 4.78 is 27.6. The smallest absolute Gasteiger partial charge is 0.254 e. The van der Waals surface area contributed by atoms with Gasteiger partial charge in [-0.15, -0.1) is 11.3 Å². The van der Waals surface area contributed by atoms with E-state index in [-0.39, 0.29) is 11.0 Å². The number of fused-ring (bicyclic) bond motifs is 2. The number of aromatic nitrogens is 2. The van der Waals surface area contributed by atoms with Crippen LogP contribution in [-0.2, 0) is 21.9 Å². The lowest BCUT2D eigenvalue weighted by atomic mass is 9.76. The van der Waals surface area contributed by atoms with E-state index in [9.17, 15) is 13.2 Å². The number of aryl methyl sites for hydroxylation is 2. The van der Waals surface area contributed by atoms with Crippen molar-refractivity contribution >= 4 is 21.4 Å². The Kier molecular flexibility index (Phi) is 3.90. The van der Waals surface area contributed by atoms with Crippen LogP contribution in [0.1, 0.15) is 41.2 Å². The van der Waals surface area contributed by atoms with Gasteiger partial charge in [-0.3, -0.25) is 4.79 Å². The van der Waals surface area contributed by atoms with Crippen LogP contribution in [0.4, 0.5) is 0 Å². The molecule has 2 aromatic rings. The van der Waals surface area contributed by atoms with Crippen molar-refractivity contribution in [1.29, 1.82) is 0 Å². The SMILES string of the molecule is Cc1nc2c(c(=O)[nH]1)CCC21CCN(S(=O)(=O)c2ccc(C)s2)CC1. The van der Waals surface area contributed by atoms with Crippen LogP contribution in [0.25, 0.3) is 0 Å². The molecule has 25 heavy (non-hydrogen) atoms. The second-order valence-electron chi connectivity index (χ2n) is 7.03. The predicted octanol–water partition coefficient (Wildman–Crippen LogP) is 2.12. The van der Waals surface area contributed by atoms with E-state index in [0.717, 1.165) is 41.8 Å². The molecule has 0 bridgehead atoms. The van der Waals surface area contributed by atoms with Crippen LogP contribution in [0.15, 0.2) is 21.1 Å². The first kappa shape index (κ1) is 16.9. The Balaban J connectivity index is 1.60. The molecular weight excluding hydrogens is 358 g/mol.